The second-order valence-corrected chi connectivity index (χ2v) is 6.92. The lowest BCUT2D eigenvalue weighted by atomic mass is 10.1. The Hall–Kier alpha value is -2.60. The van der Waals surface area contributed by atoms with Gasteiger partial charge in [0.15, 0.2) is 22.2 Å². The van der Waals surface area contributed by atoms with Gasteiger partial charge in [-0.3, -0.25) is 9.20 Å². The predicted molar refractivity (Wildman–Crippen MR) is 88.3 cm³/mol. The zero-order valence-corrected chi connectivity index (χ0v) is 13.4. The van der Waals surface area contributed by atoms with E-state index in [2.05, 4.69) is 4.98 Å². The van der Waals surface area contributed by atoms with Crippen LogP contribution in [0.1, 0.15) is 32.2 Å². The lowest BCUT2D eigenvalue weighted by Gasteiger charge is -2.01. The molecule has 3 aromatic rings. The Bertz CT molecular complexity index is 1010. The van der Waals surface area contributed by atoms with Gasteiger partial charge in [0.25, 0.3) is 0 Å². The first-order valence-electron chi connectivity index (χ1n) is 7.20. The Morgan fingerprint density at radius 2 is 2.09 bits per heavy atom. The molecule has 2 heterocycles. The van der Waals surface area contributed by atoms with Gasteiger partial charge in [0.1, 0.15) is 0 Å². The SMILES string of the molecule is Cc1cn2c(C=C3Cc4c(ccc(O)c4O)C3=O)c(C)nc2s1. The molecule has 0 unspecified atom stereocenters. The number of Topliss-reactive ketones (excluding diaryl/α,β-unsaturated/α-hetero) is 1. The van der Waals surface area contributed by atoms with E-state index in [1.54, 1.807) is 17.4 Å². The third-order valence-corrected chi connectivity index (χ3v) is 5.04. The number of hydrogen-bond donors (Lipinski definition) is 2. The number of aryl methyl sites for hydroxylation is 2. The molecule has 0 bridgehead atoms. The molecule has 5 nitrogen and oxygen atoms in total. The van der Waals surface area contributed by atoms with Crippen LogP contribution in [0.5, 0.6) is 11.5 Å². The van der Waals surface area contributed by atoms with Crippen molar-refractivity contribution in [3.63, 3.8) is 0 Å². The number of rotatable bonds is 1. The van der Waals surface area contributed by atoms with Gasteiger partial charge in [-0.15, -0.1) is 11.3 Å². The second kappa shape index (κ2) is 4.70. The molecule has 0 aliphatic heterocycles. The molecular formula is C17H14N2O3S. The number of benzene rings is 1. The van der Waals surface area contributed by atoms with Gasteiger partial charge in [0.2, 0.25) is 0 Å². The van der Waals surface area contributed by atoms with Crippen molar-refractivity contribution < 1.29 is 15.0 Å². The Kier molecular flexibility index (Phi) is 2.86. The molecule has 0 fully saturated rings. The van der Waals surface area contributed by atoms with Crippen LogP contribution in [0.3, 0.4) is 0 Å². The van der Waals surface area contributed by atoms with E-state index in [1.165, 1.54) is 6.07 Å². The second-order valence-electron chi connectivity index (χ2n) is 5.71. The molecular weight excluding hydrogens is 312 g/mol. The number of imidazole rings is 1. The van der Waals surface area contributed by atoms with Crippen molar-refractivity contribution in [3.05, 3.63) is 51.3 Å². The van der Waals surface area contributed by atoms with E-state index < -0.39 is 0 Å². The molecule has 23 heavy (non-hydrogen) atoms. The largest absolute Gasteiger partial charge is 0.504 e. The topological polar surface area (TPSA) is 74.8 Å². The number of phenols is 2. The zero-order valence-electron chi connectivity index (χ0n) is 12.6. The molecule has 116 valence electrons. The van der Waals surface area contributed by atoms with Crippen molar-refractivity contribution in [2.24, 2.45) is 0 Å². The van der Waals surface area contributed by atoms with Crippen molar-refractivity contribution in [2.45, 2.75) is 20.3 Å². The van der Waals surface area contributed by atoms with Gasteiger partial charge in [-0.1, -0.05) is 0 Å². The fourth-order valence-corrected chi connectivity index (χ4v) is 3.87. The van der Waals surface area contributed by atoms with Gasteiger partial charge in [-0.2, -0.15) is 0 Å². The van der Waals surface area contributed by atoms with Crippen LogP contribution in [0.25, 0.3) is 11.0 Å². The third-order valence-electron chi connectivity index (χ3n) is 4.14. The number of thiazole rings is 1. The number of phenolic OH excluding ortho intramolecular Hbond substituents is 2. The summed E-state index contributed by atoms with van der Waals surface area (Å²) in [5, 5.41) is 19.6. The highest BCUT2D eigenvalue weighted by molar-refractivity contribution is 7.17. The van der Waals surface area contributed by atoms with Crippen LogP contribution in [-0.2, 0) is 6.42 Å². The minimum Gasteiger partial charge on any atom is -0.504 e. The van der Waals surface area contributed by atoms with E-state index in [-0.39, 0.29) is 17.3 Å². The number of hydrogen-bond acceptors (Lipinski definition) is 5. The van der Waals surface area contributed by atoms with E-state index in [9.17, 15) is 15.0 Å². The lowest BCUT2D eigenvalue weighted by molar-refractivity contribution is 0.104. The molecule has 2 aromatic heterocycles. The molecule has 6 heteroatoms. The average Bonchev–Trinajstić information content (AvgIpc) is 3.09. The highest BCUT2D eigenvalue weighted by Gasteiger charge is 2.29. The molecule has 2 N–H and O–H groups in total. The summed E-state index contributed by atoms with van der Waals surface area (Å²) in [7, 11) is 0. The molecule has 1 aromatic carbocycles. The smallest absolute Gasteiger partial charge is 0.194 e. The molecule has 0 amide bonds. The first-order valence-corrected chi connectivity index (χ1v) is 8.01. The van der Waals surface area contributed by atoms with E-state index >= 15 is 0 Å². The molecule has 0 saturated heterocycles. The van der Waals surface area contributed by atoms with Crippen molar-refractivity contribution >= 4 is 28.2 Å². The number of aromatic nitrogens is 2. The minimum absolute atomic E-state index is 0.114. The number of allylic oxidation sites excluding steroid dienone is 1. The van der Waals surface area contributed by atoms with Crippen molar-refractivity contribution in [2.75, 3.05) is 0 Å². The van der Waals surface area contributed by atoms with E-state index in [0.717, 1.165) is 21.2 Å². The third kappa shape index (κ3) is 1.98. The van der Waals surface area contributed by atoms with Gasteiger partial charge >= 0.3 is 0 Å². The molecule has 0 atom stereocenters. The fraction of sp³-hybridized carbons (Fsp3) is 0.176. The molecule has 0 saturated carbocycles. The normalized spacial score (nSPS) is 15.7. The van der Waals surface area contributed by atoms with Gasteiger partial charge in [-0.05, 0) is 32.1 Å². The maximum Gasteiger partial charge on any atom is 0.194 e. The summed E-state index contributed by atoms with van der Waals surface area (Å²) in [6, 6.07) is 2.90. The van der Waals surface area contributed by atoms with Gasteiger partial charge < -0.3 is 10.2 Å². The maximum atomic E-state index is 12.6. The summed E-state index contributed by atoms with van der Waals surface area (Å²) < 4.78 is 1.98. The maximum absolute atomic E-state index is 12.6. The molecule has 4 rings (SSSR count). The number of carbonyl (C=O) groups excluding carboxylic acids is 1. The first kappa shape index (κ1) is 14.0. The van der Waals surface area contributed by atoms with Crippen LogP contribution in [0.4, 0.5) is 0 Å². The van der Waals surface area contributed by atoms with Gasteiger partial charge in [0.05, 0.1) is 11.4 Å². The van der Waals surface area contributed by atoms with Crippen LogP contribution in [0, 0.1) is 13.8 Å². The van der Waals surface area contributed by atoms with E-state index in [1.807, 2.05) is 30.5 Å². The van der Waals surface area contributed by atoms with Crippen LogP contribution in [0.2, 0.25) is 0 Å². The number of fused-ring (bicyclic) bond motifs is 2. The summed E-state index contributed by atoms with van der Waals surface area (Å²) in [5.41, 5.74) is 3.27. The molecule has 0 radical (unpaired) electrons. The standard InChI is InChI=1S/C17H14N2O3S/c1-8-7-19-13(9(2)18-17(19)23-8)6-10-5-12-11(15(10)21)3-4-14(20)16(12)22/h3-4,6-7,20,22H,5H2,1-2H3. The Morgan fingerprint density at radius 1 is 1.30 bits per heavy atom. The molecule has 1 aliphatic rings. The fourth-order valence-electron chi connectivity index (χ4n) is 3.00. The minimum atomic E-state index is -0.208. The number of nitrogens with zero attached hydrogens (tertiary/aromatic N) is 2. The van der Waals surface area contributed by atoms with Gasteiger partial charge in [0, 0.05) is 34.2 Å². The summed E-state index contributed by atoms with van der Waals surface area (Å²) in [5.74, 6) is -0.522. The Morgan fingerprint density at radius 3 is 2.87 bits per heavy atom. The van der Waals surface area contributed by atoms with Crippen molar-refractivity contribution in [1.82, 2.24) is 9.38 Å². The van der Waals surface area contributed by atoms with Crippen LogP contribution in [0.15, 0.2) is 23.9 Å². The van der Waals surface area contributed by atoms with E-state index in [4.69, 9.17) is 0 Å². The number of carbonyl (C=O) groups is 1. The highest BCUT2D eigenvalue weighted by Crippen LogP contribution is 2.39. The molecule has 0 spiro atoms. The quantitative estimate of drug-likeness (QED) is 0.532. The monoisotopic (exact) mass is 326 g/mol. The lowest BCUT2D eigenvalue weighted by Crippen LogP contribution is -1.96. The zero-order chi connectivity index (χ0) is 16.3. The Labute approximate surface area is 136 Å². The van der Waals surface area contributed by atoms with Crippen molar-refractivity contribution in [3.8, 4) is 11.5 Å². The number of ketones is 1. The first-order chi connectivity index (χ1) is 11.0. The van der Waals surface area contributed by atoms with Crippen LogP contribution in [-0.4, -0.2) is 25.4 Å². The molecule has 1 aliphatic carbocycles. The summed E-state index contributed by atoms with van der Waals surface area (Å²) in [6.07, 6.45) is 4.15. The predicted octanol–water partition coefficient (Wildman–Crippen LogP) is 3.25. The highest BCUT2D eigenvalue weighted by atomic mass is 32.1. The van der Waals surface area contributed by atoms with E-state index in [0.29, 0.717) is 23.1 Å². The summed E-state index contributed by atoms with van der Waals surface area (Å²) >= 11 is 1.60. The van der Waals surface area contributed by atoms with Crippen LogP contribution < -0.4 is 0 Å². The summed E-state index contributed by atoms with van der Waals surface area (Å²) in [6.45, 7) is 3.93. The van der Waals surface area contributed by atoms with Gasteiger partial charge in [-0.25, -0.2) is 4.98 Å². The number of aromatic hydroxyl groups is 2. The average molecular weight is 326 g/mol. The summed E-state index contributed by atoms with van der Waals surface area (Å²) in [4.78, 5) is 19.1. The van der Waals surface area contributed by atoms with Crippen LogP contribution >= 0.6 is 11.3 Å². The Balaban J connectivity index is 1.85. The van der Waals surface area contributed by atoms with Crippen molar-refractivity contribution in [1.29, 1.82) is 0 Å².